The number of nitro groups is 1. The summed E-state index contributed by atoms with van der Waals surface area (Å²) < 4.78 is 10.8. The van der Waals surface area contributed by atoms with Crippen LogP contribution in [-0.4, -0.2) is 23.9 Å². The molecule has 4 rings (SSSR count). The molecule has 0 N–H and O–H groups in total. The molecule has 0 aliphatic carbocycles. The van der Waals surface area contributed by atoms with Crippen LogP contribution in [0.5, 0.6) is 5.75 Å². The number of benzene rings is 3. The molecule has 0 saturated heterocycles. The monoisotopic (exact) mass is 470 g/mol. The maximum atomic E-state index is 13.4. The Bertz CT molecular complexity index is 1340. The second kappa shape index (κ2) is 10.0. The van der Waals surface area contributed by atoms with Gasteiger partial charge in [-0.15, -0.1) is 0 Å². The predicted molar refractivity (Wildman–Crippen MR) is 130 cm³/mol. The highest BCUT2D eigenvalue weighted by molar-refractivity contribution is 6.23. The predicted octanol–water partition coefficient (Wildman–Crippen LogP) is 5.05. The van der Waals surface area contributed by atoms with Crippen LogP contribution in [0.4, 0.5) is 11.4 Å². The summed E-state index contributed by atoms with van der Waals surface area (Å²) >= 11 is 0. The van der Waals surface area contributed by atoms with Crippen LogP contribution in [-0.2, 0) is 20.9 Å². The van der Waals surface area contributed by atoms with Crippen LogP contribution in [0.2, 0.25) is 0 Å². The Morgan fingerprint density at radius 1 is 1.03 bits per heavy atom. The van der Waals surface area contributed by atoms with Crippen LogP contribution in [0.25, 0.3) is 6.08 Å². The first-order chi connectivity index (χ1) is 16.9. The Morgan fingerprint density at radius 2 is 1.74 bits per heavy atom. The van der Waals surface area contributed by atoms with Crippen molar-refractivity contribution >= 4 is 29.3 Å². The number of ether oxygens (including phenoxy) is 2. The summed E-state index contributed by atoms with van der Waals surface area (Å²) in [7, 11) is 1.25. The van der Waals surface area contributed by atoms with Gasteiger partial charge >= 0.3 is 5.97 Å². The van der Waals surface area contributed by atoms with Gasteiger partial charge in [-0.25, -0.2) is 4.79 Å². The fourth-order valence-corrected chi connectivity index (χ4v) is 3.82. The number of non-ortho nitro benzene ring substituents is 1. The number of hydrogen-bond acceptors (Lipinski definition) is 6. The number of amides is 1. The average molecular weight is 470 g/mol. The smallest absolute Gasteiger partial charge is 0.340 e. The molecule has 0 radical (unpaired) electrons. The zero-order valence-electron chi connectivity index (χ0n) is 19.1. The van der Waals surface area contributed by atoms with Crippen molar-refractivity contribution in [3.05, 3.63) is 117 Å². The minimum atomic E-state index is -0.650. The van der Waals surface area contributed by atoms with Gasteiger partial charge in [0.2, 0.25) is 0 Å². The van der Waals surface area contributed by atoms with Gasteiger partial charge in [0.25, 0.3) is 11.6 Å². The van der Waals surface area contributed by atoms with Crippen LogP contribution in [0.3, 0.4) is 0 Å². The standard InChI is InChI=1S/C27H22N2O6/c1-18-25(27(31)34-2)24(26(30)28(18)21-11-13-22(14-12-21)29(32)33)16-20-9-6-10-23(15-20)35-17-19-7-4-3-5-8-19/h3-16H,17H2,1-2H3/b24-16-. The number of carbonyl (C=O) groups is 2. The molecule has 1 heterocycles. The number of nitro benzene ring substituents is 1. The van der Waals surface area contributed by atoms with Crippen molar-refractivity contribution in [2.24, 2.45) is 0 Å². The fraction of sp³-hybridized carbons (Fsp3) is 0.111. The molecule has 8 nitrogen and oxygen atoms in total. The number of nitrogens with zero attached hydrogens (tertiary/aromatic N) is 2. The Labute approximate surface area is 201 Å². The molecular formula is C27H22N2O6. The summed E-state index contributed by atoms with van der Waals surface area (Å²) in [6, 6.07) is 22.5. The number of rotatable bonds is 7. The molecule has 3 aromatic rings. The number of carbonyl (C=O) groups excluding carboxylic acids is 2. The summed E-state index contributed by atoms with van der Waals surface area (Å²) in [6.45, 7) is 2.02. The van der Waals surface area contributed by atoms with Gasteiger partial charge in [-0.3, -0.25) is 19.8 Å². The number of hydrogen-bond donors (Lipinski definition) is 0. The van der Waals surface area contributed by atoms with Crippen molar-refractivity contribution in [1.82, 2.24) is 0 Å². The van der Waals surface area contributed by atoms with Gasteiger partial charge in [0.15, 0.2) is 0 Å². The van der Waals surface area contributed by atoms with Crippen LogP contribution >= 0.6 is 0 Å². The molecule has 0 bridgehead atoms. The zero-order valence-corrected chi connectivity index (χ0v) is 19.1. The summed E-state index contributed by atoms with van der Waals surface area (Å²) in [5, 5.41) is 11.0. The third kappa shape index (κ3) is 4.96. The number of anilines is 1. The normalized spacial score (nSPS) is 14.4. The van der Waals surface area contributed by atoms with E-state index in [4.69, 9.17) is 9.47 Å². The quantitative estimate of drug-likeness (QED) is 0.207. The lowest BCUT2D eigenvalue weighted by atomic mass is 10.0. The van der Waals surface area contributed by atoms with Crippen LogP contribution in [0, 0.1) is 10.1 Å². The van der Waals surface area contributed by atoms with E-state index in [2.05, 4.69) is 0 Å². The van der Waals surface area contributed by atoms with Crippen molar-refractivity contribution in [3.63, 3.8) is 0 Å². The molecule has 0 atom stereocenters. The van der Waals surface area contributed by atoms with E-state index in [0.717, 1.165) is 5.56 Å². The summed E-state index contributed by atoms with van der Waals surface area (Å²) in [5.74, 6) is -0.475. The Balaban J connectivity index is 1.66. The molecular weight excluding hydrogens is 448 g/mol. The maximum absolute atomic E-state index is 13.4. The molecule has 0 unspecified atom stereocenters. The Morgan fingerprint density at radius 3 is 2.40 bits per heavy atom. The first kappa shape index (κ1) is 23.4. The highest BCUT2D eigenvalue weighted by Gasteiger charge is 2.38. The second-order valence-corrected chi connectivity index (χ2v) is 7.77. The highest BCUT2D eigenvalue weighted by atomic mass is 16.6. The lowest BCUT2D eigenvalue weighted by Gasteiger charge is -2.17. The molecule has 3 aromatic carbocycles. The molecule has 8 heteroatoms. The van der Waals surface area contributed by atoms with E-state index in [9.17, 15) is 19.7 Å². The number of methoxy groups -OCH3 is 1. The SMILES string of the molecule is COC(=O)C1=C(C)N(c2ccc([N+](=O)[O-])cc2)C(=O)/C1=C\c1cccc(OCc2ccccc2)c1. The topological polar surface area (TPSA) is 99.0 Å². The van der Waals surface area contributed by atoms with E-state index in [1.54, 1.807) is 31.2 Å². The minimum Gasteiger partial charge on any atom is -0.489 e. The molecule has 1 amide bonds. The first-order valence-corrected chi connectivity index (χ1v) is 10.8. The lowest BCUT2D eigenvalue weighted by Crippen LogP contribution is -2.24. The molecule has 0 fully saturated rings. The maximum Gasteiger partial charge on any atom is 0.340 e. The van der Waals surface area contributed by atoms with E-state index >= 15 is 0 Å². The van der Waals surface area contributed by atoms with Gasteiger partial charge in [-0.05, 0) is 48.4 Å². The van der Waals surface area contributed by atoms with Gasteiger partial charge in [0.05, 0.1) is 23.2 Å². The lowest BCUT2D eigenvalue weighted by molar-refractivity contribution is -0.384. The zero-order chi connectivity index (χ0) is 24.9. The largest absolute Gasteiger partial charge is 0.489 e. The van der Waals surface area contributed by atoms with Crippen LogP contribution in [0.15, 0.2) is 95.7 Å². The van der Waals surface area contributed by atoms with E-state index in [1.165, 1.54) is 36.3 Å². The van der Waals surface area contributed by atoms with Crippen molar-refractivity contribution in [2.45, 2.75) is 13.5 Å². The molecule has 0 saturated carbocycles. The second-order valence-electron chi connectivity index (χ2n) is 7.77. The molecule has 1 aliphatic rings. The molecule has 0 spiro atoms. The molecule has 1 aliphatic heterocycles. The third-order valence-corrected chi connectivity index (χ3v) is 5.53. The fourth-order valence-electron chi connectivity index (χ4n) is 3.82. The van der Waals surface area contributed by atoms with Gasteiger partial charge in [0.1, 0.15) is 12.4 Å². The van der Waals surface area contributed by atoms with Crippen LogP contribution in [0.1, 0.15) is 18.1 Å². The van der Waals surface area contributed by atoms with Crippen molar-refractivity contribution < 1.29 is 24.0 Å². The van der Waals surface area contributed by atoms with Crippen molar-refractivity contribution in [2.75, 3.05) is 12.0 Å². The van der Waals surface area contributed by atoms with Crippen LogP contribution < -0.4 is 9.64 Å². The van der Waals surface area contributed by atoms with E-state index in [-0.39, 0.29) is 16.8 Å². The van der Waals surface area contributed by atoms with E-state index in [0.29, 0.717) is 29.3 Å². The third-order valence-electron chi connectivity index (χ3n) is 5.53. The average Bonchev–Trinajstić information content (AvgIpc) is 3.12. The summed E-state index contributed by atoms with van der Waals surface area (Å²) in [6.07, 6.45) is 1.61. The van der Waals surface area contributed by atoms with Crippen molar-refractivity contribution in [3.8, 4) is 5.75 Å². The minimum absolute atomic E-state index is 0.0988. The summed E-state index contributed by atoms with van der Waals surface area (Å²) in [4.78, 5) is 37.8. The highest BCUT2D eigenvalue weighted by Crippen LogP contribution is 2.36. The van der Waals surface area contributed by atoms with Gasteiger partial charge in [0, 0.05) is 23.5 Å². The molecule has 0 aromatic heterocycles. The van der Waals surface area contributed by atoms with E-state index in [1.807, 2.05) is 36.4 Å². The summed E-state index contributed by atoms with van der Waals surface area (Å²) in [5.41, 5.74) is 2.66. The van der Waals surface area contributed by atoms with Crippen molar-refractivity contribution in [1.29, 1.82) is 0 Å². The van der Waals surface area contributed by atoms with Gasteiger partial charge in [-0.2, -0.15) is 0 Å². The molecule has 35 heavy (non-hydrogen) atoms. The number of esters is 1. The Kier molecular flexibility index (Phi) is 6.73. The van der Waals surface area contributed by atoms with Gasteiger partial charge < -0.3 is 9.47 Å². The molecule has 176 valence electrons. The number of allylic oxidation sites excluding steroid dienone is 1. The van der Waals surface area contributed by atoms with E-state index < -0.39 is 16.8 Å². The Hall–Kier alpha value is -4.72. The van der Waals surface area contributed by atoms with Gasteiger partial charge in [-0.1, -0.05) is 42.5 Å². The first-order valence-electron chi connectivity index (χ1n) is 10.8.